The molecule has 8 nitrogen and oxygen atoms in total. The van der Waals surface area contributed by atoms with Crippen LogP contribution in [0.2, 0.25) is 0 Å². The maximum Gasteiger partial charge on any atom is 0.163 e. The van der Waals surface area contributed by atoms with Gasteiger partial charge in [0, 0.05) is 34.0 Å². The van der Waals surface area contributed by atoms with E-state index in [0.717, 1.165) is 27.8 Å². The van der Waals surface area contributed by atoms with Crippen LogP contribution < -0.4 is 38.5 Å². The zero-order valence-electron chi connectivity index (χ0n) is 27.6. The molecule has 0 fully saturated rings. The Morgan fingerprint density at radius 1 is 0.622 bits per heavy atom. The molecule has 0 aromatic heterocycles. The molecule has 0 bridgehead atoms. The third kappa shape index (κ3) is 5.35. The summed E-state index contributed by atoms with van der Waals surface area (Å²) in [5.74, 6) is 3.64. The molecule has 0 N–H and O–H groups in total. The van der Waals surface area contributed by atoms with Crippen LogP contribution in [0, 0.1) is 0 Å². The molecule has 4 aromatic rings. The number of hydrogen-bond acceptors (Lipinski definition) is 8. The molecule has 0 amide bonds. The van der Waals surface area contributed by atoms with Gasteiger partial charge in [-0.15, -0.1) is 0 Å². The topological polar surface area (TPSA) is 81.7 Å². The van der Waals surface area contributed by atoms with E-state index in [1.165, 1.54) is 0 Å². The molecule has 0 spiro atoms. The van der Waals surface area contributed by atoms with Crippen molar-refractivity contribution in [2.75, 3.05) is 42.7 Å². The van der Waals surface area contributed by atoms with Crippen LogP contribution in [0.3, 0.4) is 0 Å². The van der Waals surface area contributed by atoms with E-state index in [0.29, 0.717) is 51.1 Å². The maximum atomic E-state index is 15.2. The summed E-state index contributed by atoms with van der Waals surface area (Å²) >= 11 is 0. The molecule has 0 radical (unpaired) electrons. The molecule has 2 atom stereocenters. The Bertz CT molecular complexity index is 1660. The molecule has 0 unspecified atom stereocenters. The van der Waals surface area contributed by atoms with Crippen LogP contribution in [0.5, 0.6) is 40.2 Å². The van der Waals surface area contributed by atoms with Crippen LogP contribution in [-0.4, -0.2) is 53.7 Å². The minimum atomic E-state index is -3.14. The number of rotatable bonds is 9. The van der Waals surface area contributed by atoms with Crippen molar-refractivity contribution in [3.63, 3.8) is 0 Å². The molecule has 1 heterocycles. The largest absolute Gasteiger partial charge is 0.497 e. The number of fused-ring (bicyclic) bond motifs is 1. The number of ether oxygens (including phenoxy) is 7. The third-order valence-corrected chi connectivity index (χ3v) is 12.6. The molecule has 4 aromatic carbocycles. The quantitative estimate of drug-likeness (QED) is 0.171. The summed E-state index contributed by atoms with van der Waals surface area (Å²) in [4.78, 5) is 0. The van der Waals surface area contributed by atoms with Gasteiger partial charge in [0.15, 0.2) is 13.0 Å². The molecule has 0 saturated carbocycles. The highest BCUT2D eigenvalue weighted by atomic mass is 31.2. The SMILES string of the molecule is COc1cc(OC)cc(-c2cc(-c3cc(OC)cc(OC)c3)c(OC)c(-c3cccc4c3[P@](=O)(C(C)(C)C)[C@@H](C)O4)c2OC)c1. The average Bonchev–Trinajstić information content (AvgIpc) is 3.33. The normalized spacial score (nSPS) is 17.2. The molecule has 0 saturated heterocycles. The highest BCUT2D eigenvalue weighted by Crippen LogP contribution is 2.67. The van der Waals surface area contributed by atoms with E-state index < -0.39 is 18.1 Å². The lowest BCUT2D eigenvalue weighted by atomic mass is 9.90. The molecule has 9 heteroatoms. The van der Waals surface area contributed by atoms with Gasteiger partial charge in [-0.05, 0) is 54.4 Å². The lowest BCUT2D eigenvalue weighted by Crippen LogP contribution is -2.27. The molecular weight excluding hydrogens is 591 g/mol. The fourth-order valence-electron chi connectivity index (χ4n) is 6.15. The Morgan fingerprint density at radius 3 is 1.44 bits per heavy atom. The molecule has 238 valence electrons. The van der Waals surface area contributed by atoms with Crippen LogP contribution in [0.15, 0.2) is 60.7 Å². The highest BCUT2D eigenvalue weighted by molar-refractivity contribution is 7.74. The molecule has 1 aliphatic rings. The van der Waals surface area contributed by atoms with E-state index in [1.54, 1.807) is 42.7 Å². The van der Waals surface area contributed by atoms with Crippen molar-refractivity contribution in [3.05, 3.63) is 60.7 Å². The van der Waals surface area contributed by atoms with E-state index in [2.05, 4.69) is 0 Å². The fraction of sp³-hybridized carbons (Fsp3) is 0.333. The van der Waals surface area contributed by atoms with Gasteiger partial charge in [0.1, 0.15) is 40.2 Å². The summed E-state index contributed by atoms with van der Waals surface area (Å²) in [6, 6.07) is 19.1. The van der Waals surface area contributed by atoms with E-state index in [4.69, 9.17) is 33.2 Å². The monoisotopic (exact) mass is 632 g/mol. The Balaban J connectivity index is 1.98. The molecule has 5 rings (SSSR count). The van der Waals surface area contributed by atoms with Gasteiger partial charge in [0.2, 0.25) is 0 Å². The second kappa shape index (κ2) is 12.2. The van der Waals surface area contributed by atoms with Crippen molar-refractivity contribution < 1.29 is 37.7 Å². The van der Waals surface area contributed by atoms with Crippen LogP contribution in [0.4, 0.5) is 0 Å². The third-order valence-electron chi connectivity index (χ3n) is 8.37. The van der Waals surface area contributed by atoms with Gasteiger partial charge in [0.25, 0.3) is 0 Å². The molecule has 0 aliphatic carbocycles. The molecule has 45 heavy (non-hydrogen) atoms. The Morgan fingerprint density at radius 2 is 1.07 bits per heavy atom. The molecular formula is C36H41O8P. The van der Waals surface area contributed by atoms with Crippen LogP contribution in [-0.2, 0) is 4.57 Å². The van der Waals surface area contributed by atoms with Gasteiger partial charge >= 0.3 is 0 Å². The van der Waals surface area contributed by atoms with E-state index >= 15 is 4.57 Å². The summed E-state index contributed by atoms with van der Waals surface area (Å²) in [6.45, 7) is 7.89. The minimum absolute atomic E-state index is 0.501. The summed E-state index contributed by atoms with van der Waals surface area (Å²) < 4.78 is 56.5. The zero-order chi connectivity index (χ0) is 32.7. The van der Waals surface area contributed by atoms with Gasteiger partial charge in [0.05, 0.1) is 53.5 Å². The van der Waals surface area contributed by atoms with Crippen LogP contribution >= 0.6 is 7.14 Å². The smallest absolute Gasteiger partial charge is 0.163 e. The summed E-state index contributed by atoms with van der Waals surface area (Å²) in [5.41, 5.74) is 4.44. The minimum Gasteiger partial charge on any atom is -0.497 e. The summed E-state index contributed by atoms with van der Waals surface area (Å²) in [6.07, 6.45) is 0. The Hall–Kier alpha value is -4.29. The van der Waals surface area contributed by atoms with Crippen molar-refractivity contribution in [1.29, 1.82) is 0 Å². The number of hydrogen-bond donors (Lipinski definition) is 0. The number of benzene rings is 4. The lowest BCUT2D eigenvalue weighted by Gasteiger charge is -2.31. The van der Waals surface area contributed by atoms with Gasteiger partial charge in [-0.2, -0.15) is 0 Å². The second-order valence-corrected chi connectivity index (χ2v) is 15.6. The first-order valence-corrected chi connectivity index (χ1v) is 16.4. The van der Waals surface area contributed by atoms with Crippen molar-refractivity contribution in [3.8, 4) is 73.6 Å². The molecule has 1 aliphatic heterocycles. The Labute approximate surface area is 265 Å². The average molecular weight is 633 g/mol. The van der Waals surface area contributed by atoms with Crippen molar-refractivity contribution in [2.24, 2.45) is 0 Å². The van der Waals surface area contributed by atoms with Crippen LogP contribution in [0.1, 0.15) is 27.7 Å². The summed E-state index contributed by atoms with van der Waals surface area (Å²) in [5, 5.41) is 0.103. The standard InChI is InChI=1S/C36H41O8P/c1-21-44-31-13-11-12-28(35(31)45(21,37)36(2,3)4)32-33(42-9)29(22-14-24(38-5)18-25(15-22)39-6)20-30(34(32)43-10)23-16-26(40-7)19-27(17-23)41-8/h11-21H,1-10H3/t21-,45-/m0/s1. The van der Waals surface area contributed by atoms with E-state index in [9.17, 15) is 0 Å². The van der Waals surface area contributed by atoms with Gasteiger partial charge < -0.3 is 37.7 Å². The van der Waals surface area contributed by atoms with E-state index in [1.807, 2.05) is 88.4 Å². The first-order valence-electron chi connectivity index (χ1n) is 14.6. The maximum absolute atomic E-state index is 15.2. The van der Waals surface area contributed by atoms with Gasteiger partial charge in [-0.1, -0.05) is 32.9 Å². The van der Waals surface area contributed by atoms with Crippen molar-refractivity contribution >= 4 is 12.4 Å². The first kappa shape index (κ1) is 32.1. The van der Waals surface area contributed by atoms with Crippen molar-refractivity contribution in [1.82, 2.24) is 0 Å². The predicted octanol–water partition coefficient (Wildman–Crippen LogP) is 8.26. The first-order chi connectivity index (χ1) is 21.4. The van der Waals surface area contributed by atoms with Gasteiger partial charge in [-0.25, -0.2) is 0 Å². The zero-order valence-corrected chi connectivity index (χ0v) is 28.5. The highest BCUT2D eigenvalue weighted by Gasteiger charge is 2.52. The predicted molar refractivity (Wildman–Crippen MR) is 179 cm³/mol. The summed E-state index contributed by atoms with van der Waals surface area (Å²) in [7, 11) is 6.56. The van der Waals surface area contributed by atoms with E-state index in [-0.39, 0.29) is 0 Å². The lowest BCUT2D eigenvalue weighted by molar-refractivity contribution is 0.303. The fourth-order valence-corrected chi connectivity index (χ4v) is 9.54. The van der Waals surface area contributed by atoms with Crippen LogP contribution in [0.25, 0.3) is 33.4 Å². The van der Waals surface area contributed by atoms with Crippen molar-refractivity contribution in [2.45, 2.75) is 38.7 Å². The second-order valence-electron chi connectivity index (χ2n) is 11.8. The number of methoxy groups -OCH3 is 6. The Kier molecular flexibility index (Phi) is 8.74. The van der Waals surface area contributed by atoms with Gasteiger partial charge in [-0.3, -0.25) is 0 Å².